The maximum Gasteiger partial charge on any atom is 0.219 e. The summed E-state index contributed by atoms with van der Waals surface area (Å²) in [5.74, 6) is 1.14. The van der Waals surface area contributed by atoms with Crippen molar-refractivity contribution in [2.45, 2.75) is 33.1 Å². The van der Waals surface area contributed by atoms with Crippen LogP contribution >= 0.6 is 0 Å². The second-order valence-corrected chi connectivity index (χ2v) is 4.72. The SMILES string of the molecule is CC(=O)N1CC2(CCC(C)C2)C1. The van der Waals surface area contributed by atoms with E-state index in [1.807, 2.05) is 4.90 Å². The Kier molecular flexibility index (Phi) is 1.67. The molecule has 1 saturated heterocycles. The van der Waals surface area contributed by atoms with Gasteiger partial charge in [0.1, 0.15) is 0 Å². The number of rotatable bonds is 0. The third kappa shape index (κ3) is 1.13. The highest BCUT2D eigenvalue weighted by atomic mass is 16.2. The van der Waals surface area contributed by atoms with Gasteiger partial charge in [0.25, 0.3) is 0 Å². The fourth-order valence-electron chi connectivity index (χ4n) is 2.77. The largest absolute Gasteiger partial charge is 0.342 e. The molecule has 1 aliphatic carbocycles. The maximum atomic E-state index is 11.0. The maximum absolute atomic E-state index is 11.0. The van der Waals surface area contributed by atoms with Crippen LogP contribution in [0, 0.1) is 11.3 Å². The molecule has 2 fully saturated rings. The lowest BCUT2D eigenvalue weighted by Crippen LogP contribution is -2.56. The molecule has 2 rings (SSSR count). The van der Waals surface area contributed by atoms with E-state index in [1.54, 1.807) is 6.92 Å². The van der Waals surface area contributed by atoms with Gasteiger partial charge in [-0.25, -0.2) is 0 Å². The molecule has 2 heteroatoms. The van der Waals surface area contributed by atoms with Crippen molar-refractivity contribution in [3.8, 4) is 0 Å². The molecule has 1 unspecified atom stereocenters. The Bertz CT molecular complexity index is 206. The van der Waals surface area contributed by atoms with Crippen LogP contribution in [0.5, 0.6) is 0 Å². The Morgan fingerprint density at radius 3 is 2.58 bits per heavy atom. The van der Waals surface area contributed by atoms with Crippen molar-refractivity contribution < 1.29 is 4.79 Å². The minimum Gasteiger partial charge on any atom is -0.342 e. The number of hydrogen-bond donors (Lipinski definition) is 0. The Morgan fingerprint density at radius 2 is 2.17 bits per heavy atom. The van der Waals surface area contributed by atoms with E-state index >= 15 is 0 Å². The van der Waals surface area contributed by atoms with Gasteiger partial charge in [0.2, 0.25) is 5.91 Å². The monoisotopic (exact) mass is 167 g/mol. The van der Waals surface area contributed by atoms with E-state index in [1.165, 1.54) is 19.3 Å². The summed E-state index contributed by atoms with van der Waals surface area (Å²) in [6.07, 6.45) is 4.06. The van der Waals surface area contributed by atoms with Crippen molar-refractivity contribution in [3.05, 3.63) is 0 Å². The molecule has 1 spiro atoms. The van der Waals surface area contributed by atoms with E-state index in [2.05, 4.69) is 6.92 Å². The number of hydrogen-bond acceptors (Lipinski definition) is 1. The zero-order valence-corrected chi connectivity index (χ0v) is 7.97. The van der Waals surface area contributed by atoms with Gasteiger partial charge in [-0.2, -0.15) is 0 Å². The molecule has 0 N–H and O–H groups in total. The molecule has 1 aliphatic heterocycles. The minimum absolute atomic E-state index is 0.250. The molecule has 2 nitrogen and oxygen atoms in total. The van der Waals surface area contributed by atoms with E-state index in [-0.39, 0.29) is 5.91 Å². The van der Waals surface area contributed by atoms with E-state index in [9.17, 15) is 4.79 Å². The molecule has 2 aliphatic rings. The first-order valence-corrected chi connectivity index (χ1v) is 4.87. The predicted molar refractivity (Wildman–Crippen MR) is 47.7 cm³/mol. The molecule has 1 heterocycles. The minimum atomic E-state index is 0.250. The lowest BCUT2D eigenvalue weighted by Gasteiger charge is -2.48. The van der Waals surface area contributed by atoms with Crippen molar-refractivity contribution in [1.29, 1.82) is 0 Å². The van der Waals surface area contributed by atoms with Gasteiger partial charge in [-0.15, -0.1) is 0 Å². The molecule has 0 bridgehead atoms. The fraction of sp³-hybridized carbons (Fsp3) is 0.900. The van der Waals surface area contributed by atoms with Gasteiger partial charge in [-0.1, -0.05) is 13.3 Å². The highest BCUT2D eigenvalue weighted by molar-refractivity contribution is 5.74. The standard InChI is InChI=1S/C10H17NO/c1-8-3-4-10(5-8)6-11(7-10)9(2)12/h8H,3-7H2,1-2H3. The van der Waals surface area contributed by atoms with Crippen molar-refractivity contribution in [2.24, 2.45) is 11.3 Å². The molecular weight excluding hydrogens is 150 g/mol. The van der Waals surface area contributed by atoms with Gasteiger partial charge < -0.3 is 4.90 Å². The predicted octanol–water partition coefficient (Wildman–Crippen LogP) is 1.65. The van der Waals surface area contributed by atoms with Crippen LogP contribution in [0.2, 0.25) is 0 Å². The number of likely N-dealkylation sites (tertiary alicyclic amines) is 1. The van der Waals surface area contributed by atoms with E-state index in [0.717, 1.165) is 19.0 Å². The molecule has 12 heavy (non-hydrogen) atoms. The molecule has 1 amide bonds. The van der Waals surface area contributed by atoms with E-state index < -0.39 is 0 Å². The highest BCUT2D eigenvalue weighted by Gasteiger charge is 2.47. The average Bonchev–Trinajstić information content (AvgIpc) is 2.27. The van der Waals surface area contributed by atoms with Gasteiger partial charge in [-0.3, -0.25) is 4.79 Å². The van der Waals surface area contributed by atoms with Gasteiger partial charge in [0.15, 0.2) is 0 Å². The number of nitrogens with zero attached hydrogens (tertiary/aromatic N) is 1. The average molecular weight is 167 g/mol. The molecule has 1 atom stereocenters. The van der Waals surface area contributed by atoms with Gasteiger partial charge in [0.05, 0.1) is 0 Å². The summed E-state index contributed by atoms with van der Waals surface area (Å²) in [4.78, 5) is 12.9. The van der Waals surface area contributed by atoms with Gasteiger partial charge in [-0.05, 0) is 18.8 Å². The topological polar surface area (TPSA) is 20.3 Å². The quantitative estimate of drug-likeness (QED) is 0.537. The van der Waals surface area contributed by atoms with Crippen molar-refractivity contribution in [2.75, 3.05) is 13.1 Å². The van der Waals surface area contributed by atoms with Crippen LogP contribution in [0.15, 0.2) is 0 Å². The molecule has 0 aromatic heterocycles. The normalized spacial score (nSPS) is 32.2. The first-order valence-electron chi connectivity index (χ1n) is 4.87. The van der Waals surface area contributed by atoms with Gasteiger partial charge in [0, 0.05) is 25.4 Å². The summed E-state index contributed by atoms with van der Waals surface area (Å²) in [7, 11) is 0. The van der Waals surface area contributed by atoms with Crippen molar-refractivity contribution in [3.63, 3.8) is 0 Å². The summed E-state index contributed by atoms with van der Waals surface area (Å²) in [6.45, 7) is 6.07. The van der Waals surface area contributed by atoms with E-state index in [4.69, 9.17) is 0 Å². The molecule has 68 valence electrons. The van der Waals surface area contributed by atoms with Crippen LogP contribution < -0.4 is 0 Å². The van der Waals surface area contributed by atoms with Crippen molar-refractivity contribution >= 4 is 5.91 Å². The molecule has 0 aromatic rings. The molecular formula is C10H17NO. The number of carbonyl (C=O) groups excluding carboxylic acids is 1. The van der Waals surface area contributed by atoms with Crippen LogP contribution in [0.1, 0.15) is 33.1 Å². The zero-order chi connectivity index (χ0) is 8.77. The summed E-state index contributed by atoms with van der Waals surface area (Å²) in [5, 5.41) is 0. The van der Waals surface area contributed by atoms with E-state index in [0.29, 0.717) is 5.41 Å². The van der Waals surface area contributed by atoms with Crippen molar-refractivity contribution in [1.82, 2.24) is 4.90 Å². The van der Waals surface area contributed by atoms with Crippen LogP contribution in [0.3, 0.4) is 0 Å². The van der Waals surface area contributed by atoms with Crippen LogP contribution in [-0.4, -0.2) is 23.9 Å². The molecule has 0 aromatic carbocycles. The molecule has 1 saturated carbocycles. The lowest BCUT2D eigenvalue weighted by atomic mass is 9.77. The Morgan fingerprint density at radius 1 is 1.50 bits per heavy atom. The lowest BCUT2D eigenvalue weighted by molar-refractivity contribution is -0.140. The number of amides is 1. The Hall–Kier alpha value is -0.530. The summed E-state index contributed by atoms with van der Waals surface area (Å²) >= 11 is 0. The van der Waals surface area contributed by atoms with Gasteiger partial charge >= 0.3 is 0 Å². The zero-order valence-electron chi connectivity index (χ0n) is 7.97. The molecule has 0 radical (unpaired) electrons. The highest BCUT2D eigenvalue weighted by Crippen LogP contribution is 2.47. The Balaban J connectivity index is 1.91. The first kappa shape index (κ1) is 8.09. The Labute approximate surface area is 73.9 Å². The second kappa shape index (κ2) is 2.48. The third-order valence-corrected chi connectivity index (χ3v) is 3.45. The smallest absolute Gasteiger partial charge is 0.219 e. The van der Waals surface area contributed by atoms with Crippen LogP contribution in [-0.2, 0) is 4.79 Å². The van der Waals surface area contributed by atoms with Crippen LogP contribution in [0.4, 0.5) is 0 Å². The first-order chi connectivity index (χ1) is 5.61. The fourth-order valence-corrected chi connectivity index (χ4v) is 2.77. The second-order valence-electron chi connectivity index (χ2n) is 4.72. The number of carbonyl (C=O) groups is 1. The third-order valence-electron chi connectivity index (χ3n) is 3.45. The summed E-state index contributed by atoms with van der Waals surface area (Å²) in [6, 6.07) is 0. The summed E-state index contributed by atoms with van der Waals surface area (Å²) < 4.78 is 0. The van der Waals surface area contributed by atoms with Crippen LogP contribution in [0.25, 0.3) is 0 Å². The summed E-state index contributed by atoms with van der Waals surface area (Å²) in [5.41, 5.74) is 0.547.